The Labute approximate surface area is 207 Å². The van der Waals surface area contributed by atoms with Crippen LogP contribution >= 0.6 is 24.0 Å². The van der Waals surface area contributed by atoms with Crippen LogP contribution < -0.4 is 15.4 Å². The van der Waals surface area contributed by atoms with Crippen molar-refractivity contribution < 1.29 is 4.74 Å². The minimum atomic E-state index is 0. The van der Waals surface area contributed by atoms with Crippen molar-refractivity contribution in [3.05, 3.63) is 65.9 Å². The maximum atomic E-state index is 5.33. The van der Waals surface area contributed by atoms with Crippen molar-refractivity contribution in [2.24, 2.45) is 4.99 Å². The van der Waals surface area contributed by atoms with E-state index in [1.165, 1.54) is 34.9 Å². The van der Waals surface area contributed by atoms with E-state index in [4.69, 9.17) is 4.74 Å². The number of aromatic amines is 1. The number of H-pyrrole nitrogens is 1. The van der Waals surface area contributed by atoms with E-state index in [2.05, 4.69) is 68.1 Å². The van der Waals surface area contributed by atoms with Crippen LogP contribution in [0.3, 0.4) is 0 Å². The smallest absolute Gasteiger partial charge is 0.191 e. The van der Waals surface area contributed by atoms with Gasteiger partial charge in [-0.05, 0) is 61.7 Å². The molecule has 6 nitrogen and oxygen atoms in total. The lowest BCUT2D eigenvalue weighted by atomic mass is 10.1. The van der Waals surface area contributed by atoms with E-state index < -0.39 is 0 Å². The Morgan fingerprint density at radius 3 is 2.56 bits per heavy atom. The molecule has 7 heteroatoms. The highest BCUT2D eigenvalue weighted by molar-refractivity contribution is 14.0. The molecular weight excluding hydrogens is 513 g/mol. The van der Waals surface area contributed by atoms with Gasteiger partial charge >= 0.3 is 0 Å². The molecule has 1 aliphatic rings. The van der Waals surface area contributed by atoms with Gasteiger partial charge in [0.1, 0.15) is 5.75 Å². The Hall–Kier alpha value is -2.26. The molecule has 0 aliphatic carbocycles. The molecule has 4 rings (SSSR count). The molecule has 0 saturated carbocycles. The number of benzene rings is 2. The minimum Gasteiger partial charge on any atom is -0.497 e. The molecule has 32 heavy (non-hydrogen) atoms. The summed E-state index contributed by atoms with van der Waals surface area (Å²) in [4.78, 5) is 10.4. The maximum Gasteiger partial charge on any atom is 0.191 e. The molecule has 0 amide bonds. The first-order valence-electron chi connectivity index (χ1n) is 11.2. The molecular formula is C25H34IN5O. The monoisotopic (exact) mass is 547 g/mol. The molecule has 1 unspecified atom stereocenters. The second-order valence-corrected chi connectivity index (χ2v) is 8.02. The number of halogens is 1. The van der Waals surface area contributed by atoms with Gasteiger partial charge in [-0.25, -0.2) is 0 Å². The zero-order valence-corrected chi connectivity index (χ0v) is 21.3. The number of aliphatic imine (C=N–C) groups is 1. The van der Waals surface area contributed by atoms with Gasteiger partial charge in [-0.1, -0.05) is 30.3 Å². The molecule has 1 aliphatic heterocycles. The van der Waals surface area contributed by atoms with Crippen LogP contribution in [0, 0.1) is 0 Å². The Morgan fingerprint density at radius 1 is 1.09 bits per heavy atom. The summed E-state index contributed by atoms with van der Waals surface area (Å²) in [6.07, 6.45) is 5.59. The lowest BCUT2D eigenvalue weighted by Crippen LogP contribution is -2.43. The van der Waals surface area contributed by atoms with Gasteiger partial charge in [0.25, 0.3) is 0 Å². The summed E-state index contributed by atoms with van der Waals surface area (Å²) in [5.74, 6) is 1.74. The number of aromatic nitrogens is 1. The number of hydrogen-bond donors (Lipinski definition) is 3. The van der Waals surface area contributed by atoms with E-state index in [0.717, 1.165) is 44.3 Å². The first-order chi connectivity index (χ1) is 15.3. The average molecular weight is 547 g/mol. The van der Waals surface area contributed by atoms with Crippen molar-refractivity contribution in [1.29, 1.82) is 0 Å². The summed E-state index contributed by atoms with van der Waals surface area (Å²) < 4.78 is 5.33. The molecule has 1 fully saturated rings. The van der Waals surface area contributed by atoms with Gasteiger partial charge in [-0.15, -0.1) is 24.0 Å². The van der Waals surface area contributed by atoms with E-state index in [0.29, 0.717) is 6.04 Å². The quantitative estimate of drug-likeness (QED) is 0.223. The van der Waals surface area contributed by atoms with Gasteiger partial charge in [-0.3, -0.25) is 9.89 Å². The predicted molar refractivity (Wildman–Crippen MR) is 143 cm³/mol. The van der Waals surface area contributed by atoms with Crippen LogP contribution in [0.5, 0.6) is 5.75 Å². The van der Waals surface area contributed by atoms with Crippen molar-refractivity contribution >= 4 is 40.8 Å². The Morgan fingerprint density at radius 2 is 1.84 bits per heavy atom. The zero-order valence-electron chi connectivity index (χ0n) is 18.9. The number of ether oxygens (including phenoxy) is 1. The van der Waals surface area contributed by atoms with Crippen molar-refractivity contribution in [2.45, 2.75) is 25.3 Å². The van der Waals surface area contributed by atoms with Crippen LogP contribution in [0.4, 0.5) is 0 Å². The average Bonchev–Trinajstić information content (AvgIpc) is 3.49. The highest BCUT2D eigenvalue weighted by atomic mass is 127. The fourth-order valence-corrected chi connectivity index (χ4v) is 4.41. The molecule has 3 N–H and O–H groups in total. The zero-order chi connectivity index (χ0) is 21.5. The molecule has 1 aromatic heterocycles. The van der Waals surface area contributed by atoms with Crippen molar-refractivity contribution in [3.63, 3.8) is 0 Å². The maximum absolute atomic E-state index is 5.33. The van der Waals surface area contributed by atoms with Crippen molar-refractivity contribution in [1.82, 2.24) is 20.5 Å². The first kappa shape index (κ1) is 24.4. The molecule has 0 bridgehead atoms. The SMILES string of the molecule is CN=C(NCCc1c[nH]c2ccccc12)NCC(c1ccc(OC)cc1)N1CCCC1.I. The summed E-state index contributed by atoms with van der Waals surface area (Å²) in [5, 5.41) is 8.32. The second kappa shape index (κ2) is 12.1. The third kappa shape index (κ3) is 5.95. The van der Waals surface area contributed by atoms with Crippen LogP contribution in [-0.4, -0.2) is 56.2 Å². The van der Waals surface area contributed by atoms with Gasteiger partial charge in [0, 0.05) is 37.2 Å². The minimum absolute atomic E-state index is 0. The number of hydrogen-bond acceptors (Lipinski definition) is 3. The molecule has 2 heterocycles. The summed E-state index contributed by atoms with van der Waals surface area (Å²) in [5.41, 5.74) is 3.82. The van der Waals surface area contributed by atoms with Crippen LogP contribution in [0.15, 0.2) is 59.7 Å². The van der Waals surface area contributed by atoms with E-state index in [9.17, 15) is 0 Å². The normalized spacial score (nSPS) is 15.4. The molecule has 1 atom stereocenters. The van der Waals surface area contributed by atoms with E-state index in [-0.39, 0.29) is 24.0 Å². The lowest BCUT2D eigenvalue weighted by molar-refractivity contribution is 0.245. The van der Waals surface area contributed by atoms with Crippen LogP contribution in [-0.2, 0) is 6.42 Å². The van der Waals surface area contributed by atoms with Crippen molar-refractivity contribution in [3.8, 4) is 5.75 Å². The Balaban J connectivity index is 0.00000289. The molecule has 0 radical (unpaired) electrons. The van der Waals surface area contributed by atoms with Crippen LogP contribution in [0.25, 0.3) is 10.9 Å². The molecule has 1 saturated heterocycles. The fourth-order valence-electron chi connectivity index (χ4n) is 4.41. The lowest BCUT2D eigenvalue weighted by Gasteiger charge is -2.29. The number of fused-ring (bicyclic) bond motifs is 1. The predicted octanol–water partition coefficient (Wildman–Crippen LogP) is 4.34. The highest BCUT2D eigenvalue weighted by Crippen LogP contribution is 2.26. The van der Waals surface area contributed by atoms with E-state index in [1.807, 2.05) is 19.2 Å². The Kier molecular flexibility index (Phi) is 9.23. The molecule has 172 valence electrons. The van der Waals surface area contributed by atoms with Crippen molar-refractivity contribution in [2.75, 3.05) is 40.3 Å². The fraction of sp³-hybridized carbons (Fsp3) is 0.400. The first-order valence-corrected chi connectivity index (χ1v) is 11.2. The summed E-state index contributed by atoms with van der Waals surface area (Å²) in [6.45, 7) is 3.94. The third-order valence-electron chi connectivity index (χ3n) is 6.13. The number of nitrogens with one attached hydrogen (secondary N) is 3. The summed E-state index contributed by atoms with van der Waals surface area (Å²) in [7, 11) is 3.54. The third-order valence-corrected chi connectivity index (χ3v) is 6.13. The second-order valence-electron chi connectivity index (χ2n) is 8.02. The summed E-state index contributed by atoms with van der Waals surface area (Å²) >= 11 is 0. The van der Waals surface area contributed by atoms with Gasteiger partial charge in [0.15, 0.2) is 5.96 Å². The van der Waals surface area contributed by atoms with Gasteiger partial charge < -0.3 is 20.4 Å². The number of nitrogens with zero attached hydrogens (tertiary/aromatic N) is 2. The topological polar surface area (TPSA) is 64.7 Å². The number of methoxy groups -OCH3 is 1. The number of guanidine groups is 1. The van der Waals surface area contributed by atoms with Gasteiger partial charge in [0.2, 0.25) is 0 Å². The molecule has 2 aromatic carbocycles. The van der Waals surface area contributed by atoms with Crippen LogP contribution in [0.1, 0.15) is 30.0 Å². The largest absolute Gasteiger partial charge is 0.497 e. The molecule has 0 spiro atoms. The standard InChI is InChI=1S/C25H33N5O.HI/c1-26-25(27-14-13-20-17-28-23-8-4-3-7-22(20)23)29-18-24(30-15-5-6-16-30)19-9-11-21(31-2)12-10-19;/h3-4,7-12,17,24,28H,5-6,13-16,18H2,1-2H3,(H2,26,27,29);1H. The highest BCUT2D eigenvalue weighted by Gasteiger charge is 2.23. The number of para-hydroxylation sites is 1. The van der Waals surface area contributed by atoms with Gasteiger partial charge in [0.05, 0.1) is 13.2 Å². The number of likely N-dealkylation sites (tertiary alicyclic amines) is 1. The van der Waals surface area contributed by atoms with Crippen LogP contribution in [0.2, 0.25) is 0 Å². The molecule has 3 aromatic rings. The summed E-state index contributed by atoms with van der Waals surface area (Å²) in [6, 6.07) is 17.2. The number of rotatable bonds is 8. The Bertz CT molecular complexity index is 995. The van der Waals surface area contributed by atoms with Gasteiger partial charge in [-0.2, -0.15) is 0 Å². The van der Waals surface area contributed by atoms with E-state index in [1.54, 1.807) is 7.11 Å². The van der Waals surface area contributed by atoms with E-state index >= 15 is 0 Å².